The fraction of sp³-hybridized carbons (Fsp3) is 0.533. The third-order valence-corrected chi connectivity index (χ3v) is 2.79. The Morgan fingerprint density at radius 1 is 1.21 bits per heavy atom. The topological polar surface area (TPSA) is 44.8 Å². The lowest BCUT2D eigenvalue weighted by Gasteiger charge is -2.26. The Kier molecular flexibility index (Phi) is 4.81. The molecule has 1 aromatic rings. The van der Waals surface area contributed by atoms with Crippen LogP contribution in [0.4, 0.5) is 0 Å². The summed E-state index contributed by atoms with van der Waals surface area (Å²) in [4.78, 5) is 11.8. The molecule has 0 atom stereocenters. The molecule has 0 saturated carbocycles. The molecule has 0 aliphatic carbocycles. The molecule has 0 saturated heterocycles. The maximum atomic E-state index is 11.8. The molecule has 4 heteroatoms. The van der Waals surface area contributed by atoms with Gasteiger partial charge in [-0.3, -0.25) is 0 Å². The maximum absolute atomic E-state index is 11.8. The Morgan fingerprint density at radius 3 is 2.16 bits per heavy atom. The van der Waals surface area contributed by atoms with E-state index >= 15 is 0 Å². The van der Waals surface area contributed by atoms with Gasteiger partial charge in [0.25, 0.3) is 0 Å². The average Bonchev–Trinajstić information content (AvgIpc) is 2.33. The van der Waals surface area contributed by atoms with Crippen molar-refractivity contribution in [1.29, 1.82) is 0 Å². The first-order chi connectivity index (χ1) is 8.81. The van der Waals surface area contributed by atoms with Crippen LogP contribution >= 0.6 is 0 Å². The van der Waals surface area contributed by atoms with E-state index in [1.165, 1.54) is 0 Å². The number of carbonyl (C=O) groups excluding carboxylic acids is 1. The molecular weight excluding hydrogens is 244 g/mol. The Bertz CT molecular complexity index is 440. The molecule has 0 radical (unpaired) electrons. The van der Waals surface area contributed by atoms with Crippen molar-refractivity contribution < 1.29 is 19.0 Å². The minimum Gasteiger partial charge on any atom is -0.497 e. The Hall–Kier alpha value is -1.71. The molecule has 0 bridgehead atoms. The molecule has 0 heterocycles. The van der Waals surface area contributed by atoms with E-state index in [0.717, 1.165) is 16.9 Å². The van der Waals surface area contributed by atoms with E-state index < -0.39 is 5.60 Å². The van der Waals surface area contributed by atoms with Crippen LogP contribution in [0.15, 0.2) is 12.1 Å². The van der Waals surface area contributed by atoms with Crippen molar-refractivity contribution in [3.63, 3.8) is 0 Å². The van der Waals surface area contributed by atoms with E-state index in [2.05, 4.69) is 0 Å². The molecule has 0 aliphatic heterocycles. The van der Waals surface area contributed by atoms with Crippen LogP contribution in [0.3, 0.4) is 0 Å². The first-order valence-corrected chi connectivity index (χ1v) is 6.33. The predicted molar refractivity (Wildman–Crippen MR) is 73.8 cm³/mol. The molecule has 4 nitrogen and oxygen atoms in total. The van der Waals surface area contributed by atoms with E-state index in [1.807, 2.05) is 26.0 Å². The van der Waals surface area contributed by atoms with Crippen molar-refractivity contribution in [1.82, 2.24) is 0 Å². The summed E-state index contributed by atoms with van der Waals surface area (Å²) in [7, 11) is 1.62. The average molecular weight is 266 g/mol. The molecule has 1 rings (SSSR count). The Labute approximate surface area is 114 Å². The number of methoxy groups -OCH3 is 1. The second-order valence-electron chi connectivity index (χ2n) is 4.92. The highest BCUT2D eigenvalue weighted by Crippen LogP contribution is 2.31. The number of ether oxygens (including phenoxy) is 3. The lowest BCUT2D eigenvalue weighted by molar-refractivity contribution is -0.158. The summed E-state index contributed by atoms with van der Waals surface area (Å²) in [5.41, 5.74) is 0.837. The predicted octanol–water partition coefficient (Wildman–Crippen LogP) is 3.03. The largest absolute Gasteiger partial charge is 0.497 e. The van der Waals surface area contributed by atoms with E-state index in [4.69, 9.17) is 14.2 Å². The van der Waals surface area contributed by atoms with Gasteiger partial charge < -0.3 is 14.2 Å². The number of hydrogen-bond acceptors (Lipinski definition) is 4. The van der Waals surface area contributed by atoms with Gasteiger partial charge in [-0.25, -0.2) is 4.79 Å². The van der Waals surface area contributed by atoms with Crippen molar-refractivity contribution in [2.24, 2.45) is 0 Å². The van der Waals surface area contributed by atoms with Crippen molar-refractivity contribution in [2.75, 3.05) is 13.7 Å². The van der Waals surface area contributed by atoms with Gasteiger partial charge in [0, 0.05) is 0 Å². The zero-order valence-corrected chi connectivity index (χ0v) is 12.5. The van der Waals surface area contributed by atoms with Gasteiger partial charge in [0.1, 0.15) is 11.5 Å². The van der Waals surface area contributed by atoms with Gasteiger partial charge in [-0.15, -0.1) is 0 Å². The van der Waals surface area contributed by atoms with Gasteiger partial charge in [0.2, 0.25) is 0 Å². The van der Waals surface area contributed by atoms with Gasteiger partial charge in [0.15, 0.2) is 5.60 Å². The molecule has 0 N–H and O–H groups in total. The fourth-order valence-corrected chi connectivity index (χ4v) is 1.79. The summed E-state index contributed by atoms with van der Waals surface area (Å²) in [5.74, 6) is 1.10. The highest BCUT2D eigenvalue weighted by molar-refractivity contribution is 5.79. The van der Waals surface area contributed by atoms with E-state index in [9.17, 15) is 4.79 Å². The van der Waals surface area contributed by atoms with Crippen LogP contribution in [-0.4, -0.2) is 25.3 Å². The number of benzene rings is 1. The summed E-state index contributed by atoms with van der Waals surface area (Å²) < 4.78 is 16.1. The Balaban J connectivity index is 3.02. The first-order valence-electron chi connectivity index (χ1n) is 6.33. The van der Waals surface area contributed by atoms with Crippen molar-refractivity contribution in [2.45, 2.75) is 40.2 Å². The standard InChI is InChI=1S/C15H22O4/c1-7-18-14(16)15(4,5)19-13-10(2)8-12(17-6)9-11(13)3/h8-9H,7H2,1-6H3. The lowest BCUT2D eigenvalue weighted by atomic mass is 10.1. The molecule has 0 spiro atoms. The molecule has 106 valence electrons. The van der Waals surface area contributed by atoms with Gasteiger partial charge in [-0.05, 0) is 57.9 Å². The number of rotatable bonds is 5. The maximum Gasteiger partial charge on any atom is 0.349 e. The van der Waals surface area contributed by atoms with E-state index in [-0.39, 0.29) is 5.97 Å². The molecular formula is C15H22O4. The normalized spacial score (nSPS) is 11.1. The summed E-state index contributed by atoms with van der Waals surface area (Å²) in [6, 6.07) is 3.76. The molecule has 0 aromatic heterocycles. The van der Waals surface area contributed by atoms with Crippen LogP contribution in [0, 0.1) is 13.8 Å². The summed E-state index contributed by atoms with van der Waals surface area (Å²) in [6.07, 6.45) is 0. The van der Waals surface area contributed by atoms with Crippen LogP contribution in [0.1, 0.15) is 31.9 Å². The molecule has 0 unspecified atom stereocenters. The molecule has 19 heavy (non-hydrogen) atoms. The molecule has 0 amide bonds. The third-order valence-electron chi connectivity index (χ3n) is 2.79. The summed E-state index contributed by atoms with van der Waals surface area (Å²) in [6.45, 7) is 9.37. The number of carbonyl (C=O) groups is 1. The lowest BCUT2D eigenvalue weighted by Crippen LogP contribution is -2.40. The van der Waals surface area contributed by atoms with Crippen molar-refractivity contribution in [3.8, 4) is 11.5 Å². The first kappa shape index (κ1) is 15.3. The van der Waals surface area contributed by atoms with Gasteiger partial charge in [-0.1, -0.05) is 0 Å². The zero-order valence-electron chi connectivity index (χ0n) is 12.5. The second-order valence-corrected chi connectivity index (χ2v) is 4.92. The minimum absolute atomic E-state index is 0.339. The number of aryl methyl sites for hydroxylation is 2. The molecule has 0 fully saturated rings. The number of hydrogen-bond donors (Lipinski definition) is 0. The summed E-state index contributed by atoms with van der Waals surface area (Å²) >= 11 is 0. The zero-order chi connectivity index (χ0) is 14.6. The van der Waals surface area contributed by atoms with Crippen molar-refractivity contribution in [3.05, 3.63) is 23.3 Å². The van der Waals surface area contributed by atoms with Gasteiger partial charge in [0.05, 0.1) is 13.7 Å². The van der Waals surface area contributed by atoms with Crippen LogP contribution in [0.5, 0.6) is 11.5 Å². The van der Waals surface area contributed by atoms with Crippen LogP contribution in [0.25, 0.3) is 0 Å². The van der Waals surface area contributed by atoms with E-state index in [0.29, 0.717) is 12.4 Å². The monoisotopic (exact) mass is 266 g/mol. The fourth-order valence-electron chi connectivity index (χ4n) is 1.79. The smallest absolute Gasteiger partial charge is 0.349 e. The quantitative estimate of drug-likeness (QED) is 0.768. The molecule has 1 aromatic carbocycles. The third kappa shape index (κ3) is 3.63. The van der Waals surface area contributed by atoms with Gasteiger partial charge >= 0.3 is 5.97 Å². The van der Waals surface area contributed by atoms with Crippen molar-refractivity contribution >= 4 is 5.97 Å². The van der Waals surface area contributed by atoms with Crippen LogP contribution in [0.2, 0.25) is 0 Å². The SMILES string of the molecule is CCOC(=O)C(C)(C)Oc1c(C)cc(OC)cc1C. The summed E-state index contributed by atoms with van der Waals surface area (Å²) in [5, 5.41) is 0. The minimum atomic E-state index is -1.01. The Morgan fingerprint density at radius 2 is 1.74 bits per heavy atom. The second kappa shape index (κ2) is 5.95. The van der Waals surface area contributed by atoms with E-state index in [1.54, 1.807) is 27.9 Å². The van der Waals surface area contributed by atoms with Gasteiger partial charge in [-0.2, -0.15) is 0 Å². The highest BCUT2D eigenvalue weighted by Gasteiger charge is 2.32. The highest BCUT2D eigenvalue weighted by atomic mass is 16.6. The molecule has 0 aliphatic rings. The van der Waals surface area contributed by atoms with Crippen LogP contribution < -0.4 is 9.47 Å². The van der Waals surface area contributed by atoms with Crippen LogP contribution in [-0.2, 0) is 9.53 Å². The number of esters is 1.